The molecule has 1 atom stereocenters. The van der Waals surface area contributed by atoms with Crippen molar-refractivity contribution in [2.75, 3.05) is 6.54 Å². The van der Waals surface area contributed by atoms with E-state index in [4.69, 9.17) is 0 Å². The molecule has 1 rings (SSSR count). The summed E-state index contributed by atoms with van der Waals surface area (Å²) in [5.41, 5.74) is 2.99. The number of hydrogen-bond donors (Lipinski definition) is 1. The van der Waals surface area contributed by atoms with Gasteiger partial charge in [0.1, 0.15) is 0 Å². The van der Waals surface area contributed by atoms with Gasteiger partial charge in [-0.15, -0.1) is 0 Å². The fourth-order valence-electron chi connectivity index (χ4n) is 3.31. The molecule has 0 aliphatic carbocycles. The average Bonchev–Trinajstić information content (AvgIpc) is 2.49. The van der Waals surface area contributed by atoms with Crippen LogP contribution >= 0.6 is 0 Å². The first-order valence-corrected chi connectivity index (χ1v) is 9.08. The summed E-state index contributed by atoms with van der Waals surface area (Å²) in [6, 6.07) is 9.82. The Kier molecular flexibility index (Phi) is 9.41. The van der Waals surface area contributed by atoms with Crippen molar-refractivity contribution >= 4 is 0 Å². The molecule has 1 unspecified atom stereocenters. The highest BCUT2D eigenvalue weighted by atomic mass is 14.9. The lowest BCUT2D eigenvalue weighted by Crippen LogP contribution is -2.29. The molecule has 21 heavy (non-hydrogen) atoms. The lowest BCUT2D eigenvalue weighted by atomic mass is 9.85. The highest BCUT2D eigenvalue weighted by molar-refractivity contribution is 5.27. The molecular weight excluding hydrogens is 254 g/mol. The van der Waals surface area contributed by atoms with Crippen LogP contribution in [0.3, 0.4) is 0 Å². The van der Waals surface area contributed by atoms with Crippen LogP contribution in [0, 0.1) is 5.92 Å². The van der Waals surface area contributed by atoms with Gasteiger partial charge in [0, 0.05) is 6.04 Å². The van der Waals surface area contributed by atoms with Gasteiger partial charge in [0.2, 0.25) is 0 Å². The number of hydrogen-bond acceptors (Lipinski definition) is 1. The van der Waals surface area contributed by atoms with E-state index in [9.17, 15) is 0 Å². The number of benzene rings is 1. The minimum Gasteiger partial charge on any atom is -0.310 e. The van der Waals surface area contributed by atoms with E-state index in [0.29, 0.717) is 6.04 Å². The highest BCUT2D eigenvalue weighted by Crippen LogP contribution is 2.30. The number of rotatable bonds is 11. The molecule has 1 aromatic rings. The summed E-state index contributed by atoms with van der Waals surface area (Å²) >= 11 is 0. The van der Waals surface area contributed by atoms with Gasteiger partial charge in [0.15, 0.2) is 0 Å². The van der Waals surface area contributed by atoms with E-state index in [1.165, 1.54) is 56.1 Å². The Bertz CT molecular complexity index is 366. The predicted octanol–water partition coefficient (Wildman–Crippen LogP) is 5.90. The van der Waals surface area contributed by atoms with Crippen LogP contribution in [-0.2, 0) is 6.42 Å². The summed E-state index contributed by atoms with van der Waals surface area (Å²) in [5, 5.41) is 3.82. The predicted molar refractivity (Wildman–Crippen MR) is 94.8 cm³/mol. The maximum atomic E-state index is 3.82. The van der Waals surface area contributed by atoms with Gasteiger partial charge in [0.25, 0.3) is 0 Å². The van der Waals surface area contributed by atoms with E-state index in [-0.39, 0.29) is 0 Å². The van der Waals surface area contributed by atoms with Crippen molar-refractivity contribution < 1.29 is 0 Å². The smallest absolute Gasteiger partial charge is 0.0348 e. The van der Waals surface area contributed by atoms with Crippen molar-refractivity contribution in [3.05, 3.63) is 35.4 Å². The second kappa shape index (κ2) is 10.8. The van der Waals surface area contributed by atoms with Gasteiger partial charge in [-0.25, -0.2) is 0 Å². The molecule has 1 heteroatoms. The van der Waals surface area contributed by atoms with Crippen LogP contribution in [0.4, 0.5) is 0 Å². The molecule has 0 amide bonds. The Labute approximate surface area is 132 Å². The topological polar surface area (TPSA) is 12.0 Å². The Morgan fingerprint density at radius 2 is 1.62 bits per heavy atom. The van der Waals surface area contributed by atoms with Crippen molar-refractivity contribution in [3.8, 4) is 0 Å². The van der Waals surface area contributed by atoms with Crippen molar-refractivity contribution in [1.29, 1.82) is 0 Å². The van der Waals surface area contributed by atoms with Crippen LogP contribution in [0.25, 0.3) is 0 Å². The zero-order valence-corrected chi connectivity index (χ0v) is 14.6. The van der Waals surface area contributed by atoms with Crippen molar-refractivity contribution in [3.63, 3.8) is 0 Å². The zero-order chi connectivity index (χ0) is 15.5. The number of aryl methyl sites for hydroxylation is 1. The van der Waals surface area contributed by atoms with Crippen molar-refractivity contribution in [2.24, 2.45) is 5.92 Å². The third kappa shape index (κ3) is 6.22. The molecule has 1 nitrogen and oxygen atoms in total. The van der Waals surface area contributed by atoms with Crippen molar-refractivity contribution in [1.82, 2.24) is 5.32 Å². The van der Waals surface area contributed by atoms with Crippen molar-refractivity contribution in [2.45, 2.75) is 78.7 Å². The second-order valence-corrected chi connectivity index (χ2v) is 6.26. The van der Waals surface area contributed by atoms with Gasteiger partial charge < -0.3 is 5.32 Å². The summed E-state index contributed by atoms with van der Waals surface area (Å²) in [6.45, 7) is 10.3. The lowest BCUT2D eigenvalue weighted by molar-refractivity contribution is 0.316. The molecule has 0 radical (unpaired) electrons. The third-order valence-electron chi connectivity index (χ3n) is 4.25. The Hall–Kier alpha value is -0.820. The van der Waals surface area contributed by atoms with E-state index in [1.54, 1.807) is 0 Å². The molecule has 0 fully saturated rings. The minimum atomic E-state index is 0.529. The lowest BCUT2D eigenvalue weighted by Gasteiger charge is -2.29. The third-order valence-corrected chi connectivity index (χ3v) is 4.25. The molecule has 0 heterocycles. The SMILES string of the molecule is CCCNC(c1cccc(CCC)c1)C(CCC)CCC. The standard InChI is InChI=1S/C20H35N/c1-5-10-17-13-9-14-19(16-17)20(21-15-8-4)18(11-6-2)12-7-3/h9,13-14,16,18,20-21H,5-8,10-12,15H2,1-4H3. The van der Waals surface area contributed by atoms with Gasteiger partial charge in [-0.1, -0.05) is 71.2 Å². The van der Waals surface area contributed by atoms with Crippen LogP contribution in [0.2, 0.25) is 0 Å². The average molecular weight is 290 g/mol. The molecule has 0 spiro atoms. The first-order valence-electron chi connectivity index (χ1n) is 9.08. The summed E-state index contributed by atoms with van der Waals surface area (Å²) in [5.74, 6) is 0.767. The molecule has 0 saturated carbocycles. The summed E-state index contributed by atoms with van der Waals surface area (Å²) in [7, 11) is 0. The van der Waals surface area contributed by atoms with E-state index in [2.05, 4.69) is 57.3 Å². The summed E-state index contributed by atoms with van der Waals surface area (Å²) in [4.78, 5) is 0. The largest absolute Gasteiger partial charge is 0.310 e. The first-order chi connectivity index (χ1) is 10.3. The number of nitrogens with one attached hydrogen (secondary N) is 1. The summed E-state index contributed by atoms with van der Waals surface area (Å²) in [6.07, 6.45) is 8.84. The van der Waals surface area contributed by atoms with E-state index >= 15 is 0 Å². The molecule has 0 aliphatic rings. The Balaban J connectivity index is 2.95. The van der Waals surface area contributed by atoms with Crippen LogP contribution < -0.4 is 5.32 Å². The Morgan fingerprint density at radius 3 is 2.19 bits per heavy atom. The summed E-state index contributed by atoms with van der Waals surface area (Å²) < 4.78 is 0. The molecule has 0 saturated heterocycles. The molecule has 120 valence electrons. The van der Waals surface area contributed by atoms with Gasteiger partial charge in [0.05, 0.1) is 0 Å². The maximum absolute atomic E-state index is 3.82. The van der Waals surface area contributed by atoms with E-state index < -0.39 is 0 Å². The highest BCUT2D eigenvalue weighted by Gasteiger charge is 2.21. The van der Waals surface area contributed by atoms with Crippen LogP contribution in [-0.4, -0.2) is 6.54 Å². The van der Waals surface area contributed by atoms with Crippen LogP contribution in [0.1, 0.15) is 83.4 Å². The normalized spacial score (nSPS) is 12.8. The van der Waals surface area contributed by atoms with Crippen LogP contribution in [0.15, 0.2) is 24.3 Å². The molecule has 0 bridgehead atoms. The fraction of sp³-hybridized carbons (Fsp3) is 0.700. The maximum Gasteiger partial charge on any atom is 0.0348 e. The van der Waals surface area contributed by atoms with Gasteiger partial charge >= 0.3 is 0 Å². The van der Waals surface area contributed by atoms with Gasteiger partial charge in [-0.05, 0) is 49.3 Å². The molecule has 0 aliphatic heterocycles. The van der Waals surface area contributed by atoms with Gasteiger partial charge in [-0.3, -0.25) is 0 Å². The molecular formula is C20H35N. The Morgan fingerprint density at radius 1 is 0.905 bits per heavy atom. The van der Waals surface area contributed by atoms with E-state index in [0.717, 1.165) is 12.5 Å². The molecule has 1 aromatic carbocycles. The first kappa shape index (κ1) is 18.2. The second-order valence-electron chi connectivity index (χ2n) is 6.26. The van der Waals surface area contributed by atoms with E-state index in [1.807, 2.05) is 0 Å². The molecule has 0 aromatic heterocycles. The molecule has 1 N–H and O–H groups in total. The quantitative estimate of drug-likeness (QED) is 0.535. The zero-order valence-electron chi connectivity index (χ0n) is 14.6. The minimum absolute atomic E-state index is 0.529. The van der Waals surface area contributed by atoms with Gasteiger partial charge in [-0.2, -0.15) is 0 Å². The monoisotopic (exact) mass is 289 g/mol. The van der Waals surface area contributed by atoms with Crippen LogP contribution in [0.5, 0.6) is 0 Å². The fourth-order valence-corrected chi connectivity index (χ4v) is 3.31.